The molecule has 1 aliphatic rings. The van der Waals surface area contributed by atoms with Crippen molar-refractivity contribution in [1.82, 2.24) is 4.90 Å². The molecule has 0 bridgehead atoms. The summed E-state index contributed by atoms with van der Waals surface area (Å²) in [7, 11) is 0. The summed E-state index contributed by atoms with van der Waals surface area (Å²) < 4.78 is 0. The summed E-state index contributed by atoms with van der Waals surface area (Å²) in [5.74, 6) is -0.342. The van der Waals surface area contributed by atoms with Gasteiger partial charge < -0.3 is 5.11 Å². The monoisotopic (exact) mass is 356 g/mol. The van der Waals surface area contributed by atoms with Gasteiger partial charge in [-0.2, -0.15) is 0 Å². The average Bonchev–Trinajstić information content (AvgIpc) is 2.85. The Labute approximate surface area is 146 Å². The van der Waals surface area contributed by atoms with Gasteiger partial charge in [-0.05, 0) is 41.1 Å². The van der Waals surface area contributed by atoms with Crippen LogP contribution in [0.1, 0.15) is 11.1 Å². The van der Waals surface area contributed by atoms with Crippen LogP contribution in [0.2, 0.25) is 0 Å². The number of rotatable bonds is 4. The lowest BCUT2D eigenvalue weighted by atomic mass is 10.2. The first-order valence-corrected chi connectivity index (χ1v) is 8.03. The Morgan fingerprint density at radius 3 is 2.56 bits per heavy atom. The fourth-order valence-corrected chi connectivity index (χ4v) is 3.15. The number of carbonyl (C=O) groups is 2. The van der Waals surface area contributed by atoms with E-state index in [2.05, 4.69) is 0 Å². The molecule has 0 atom stereocenters. The Balaban J connectivity index is 1.81. The lowest BCUT2D eigenvalue weighted by molar-refractivity contribution is -0.384. The van der Waals surface area contributed by atoms with Crippen LogP contribution in [-0.2, 0) is 11.3 Å². The van der Waals surface area contributed by atoms with E-state index >= 15 is 0 Å². The van der Waals surface area contributed by atoms with E-state index < -0.39 is 16.1 Å². The Morgan fingerprint density at radius 2 is 1.88 bits per heavy atom. The van der Waals surface area contributed by atoms with Crippen molar-refractivity contribution < 1.29 is 19.6 Å². The van der Waals surface area contributed by atoms with Crippen LogP contribution in [-0.4, -0.2) is 26.1 Å². The second kappa shape index (κ2) is 6.78. The fraction of sp³-hybridized carbons (Fsp3) is 0.0588. The third kappa shape index (κ3) is 3.69. The largest absolute Gasteiger partial charge is 0.508 e. The molecule has 0 spiro atoms. The van der Waals surface area contributed by atoms with Gasteiger partial charge in [0.25, 0.3) is 16.8 Å². The third-order valence-corrected chi connectivity index (χ3v) is 4.43. The minimum Gasteiger partial charge on any atom is -0.508 e. The highest BCUT2D eigenvalue weighted by atomic mass is 32.2. The number of carbonyl (C=O) groups excluding carboxylic acids is 2. The van der Waals surface area contributed by atoms with Crippen LogP contribution in [0.5, 0.6) is 5.75 Å². The molecule has 8 heteroatoms. The molecule has 25 heavy (non-hydrogen) atoms. The molecule has 2 amide bonds. The predicted octanol–water partition coefficient (Wildman–Crippen LogP) is 3.54. The molecule has 1 saturated heterocycles. The van der Waals surface area contributed by atoms with Crippen molar-refractivity contribution in [3.8, 4) is 5.75 Å². The number of aromatic hydroxyl groups is 1. The summed E-state index contributed by atoms with van der Waals surface area (Å²) in [5.41, 5.74) is 1.09. The van der Waals surface area contributed by atoms with E-state index in [4.69, 9.17) is 0 Å². The number of hydrogen-bond acceptors (Lipinski definition) is 6. The number of amides is 2. The Morgan fingerprint density at radius 1 is 1.16 bits per heavy atom. The van der Waals surface area contributed by atoms with E-state index in [0.29, 0.717) is 11.1 Å². The number of nitro benzene ring substituents is 1. The van der Waals surface area contributed by atoms with E-state index in [0.717, 1.165) is 16.7 Å². The molecule has 2 aromatic rings. The van der Waals surface area contributed by atoms with Gasteiger partial charge in [-0.25, -0.2) is 0 Å². The van der Waals surface area contributed by atoms with E-state index in [1.165, 1.54) is 30.3 Å². The van der Waals surface area contributed by atoms with Crippen LogP contribution in [0.4, 0.5) is 10.5 Å². The Bertz CT molecular complexity index is 892. The molecule has 2 aromatic carbocycles. The number of thioether (sulfide) groups is 1. The van der Waals surface area contributed by atoms with Crippen molar-refractivity contribution in [1.29, 1.82) is 0 Å². The van der Waals surface area contributed by atoms with Gasteiger partial charge in [-0.1, -0.05) is 24.3 Å². The van der Waals surface area contributed by atoms with Crippen LogP contribution in [0.15, 0.2) is 53.4 Å². The lowest BCUT2D eigenvalue weighted by Gasteiger charge is -2.12. The molecule has 0 unspecified atom stereocenters. The molecule has 1 aliphatic heterocycles. The second-order valence-electron chi connectivity index (χ2n) is 5.29. The average molecular weight is 356 g/mol. The first kappa shape index (κ1) is 16.7. The zero-order valence-electron chi connectivity index (χ0n) is 12.8. The van der Waals surface area contributed by atoms with Gasteiger partial charge in [0.1, 0.15) is 5.75 Å². The number of non-ortho nitro benzene ring substituents is 1. The van der Waals surface area contributed by atoms with E-state index in [1.807, 2.05) is 0 Å². The number of benzene rings is 2. The summed E-state index contributed by atoms with van der Waals surface area (Å²) in [6.07, 6.45) is 1.57. The Kier molecular flexibility index (Phi) is 4.53. The first-order valence-electron chi connectivity index (χ1n) is 7.22. The molecule has 1 heterocycles. The quantitative estimate of drug-likeness (QED) is 0.511. The second-order valence-corrected chi connectivity index (χ2v) is 6.28. The number of nitro groups is 1. The number of hydrogen-bond donors (Lipinski definition) is 1. The van der Waals surface area contributed by atoms with Crippen molar-refractivity contribution >= 4 is 34.7 Å². The maximum Gasteiger partial charge on any atom is 0.293 e. The highest BCUT2D eigenvalue weighted by Crippen LogP contribution is 2.33. The van der Waals surface area contributed by atoms with Gasteiger partial charge in [0, 0.05) is 12.1 Å². The minimum atomic E-state index is -0.526. The van der Waals surface area contributed by atoms with Gasteiger partial charge in [-0.15, -0.1) is 0 Å². The zero-order valence-corrected chi connectivity index (χ0v) is 13.6. The summed E-state index contributed by atoms with van der Waals surface area (Å²) in [6, 6.07) is 12.1. The first-order chi connectivity index (χ1) is 11.9. The molecule has 126 valence electrons. The maximum absolute atomic E-state index is 12.4. The number of phenols is 1. The standard InChI is InChI=1S/C17H12N2O5S/c20-14-6-4-11(5-7-14)9-15-16(21)18(17(22)25-15)10-12-2-1-3-13(8-12)19(23)24/h1-9,20H,10H2/b15-9-. The van der Waals surface area contributed by atoms with Gasteiger partial charge >= 0.3 is 0 Å². The molecular weight excluding hydrogens is 344 g/mol. The summed E-state index contributed by atoms with van der Waals surface area (Å²) in [4.78, 5) is 36.2. The minimum absolute atomic E-state index is 0.0285. The predicted molar refractivity (Wildman–Crippen MR) is 92.7 cm³/mol. The van der Waals surface area contributed by atoms with Gasteiger partial charge in [0.2, 0.25) is 0 Å². The molecule has 0 aromatic heterocycles. The van der Waals surface area contributed by atoms with Crippen molar-refractivity contribution in [3.05, 3.63) is 74.7 Å². The summed E-state index contributed by atoms with van der Waals surface area (Å²) >= 11 is 0.813. The topological polar surface area (TPSA) is 101 Å². The van der Waals surface area contributed by atoms with Crippen LogP contribution in [0, 0.1) is 10.1 Å². The molecule has 3 rings (SSSR count). The molecule has 7 nitrogen and oxygen atoms in total. The van der Waals surface area contributed by atoms with Crippen molar-refractivity contribution in [2.45, 2.75) is 6.54 Å². The smallest absolute Gasteiger partial charge is 0.293 e. The molecule has 0 radical (unpaired) electrons. The van der Waals surface area contributed by atoms with Crippen molar-refractivity contribution in [2.75, 3.05) is 0 Å². The lowest BCUT2D eigenvalue weighted by Crippen LogP contribution is -2.27. The molecule has 1 N–H and O–H groups in total. The van der Waals surface area contributed by atoms with Crippen LogP contribution in [0.3, 0.4) is 0 Å². The molecule has 0 aliphatic carbocycles. The number of nitrogens with zero attached hydrogens (tertiary/aromatic N) is 2. The normalized spacial score (nSPS) is 15.8. The Hall–Kier alpha value is -3.13. The summed E-state index contributed by atoms with van der Waals surface area (Å²) in [5, 5.41) is 19.7. The van der Waals surface area contributed by atoms with Gasteiger partial charge in [-0.3, -0.25) is 24.6 Å². The van der Waals surface area contributed by atoms with Gasteiger partial charge in [0.15, 0.2) is 0 Å². The highest BCUT2D eigenvalue weighted by molar-refractivity contribution is 8.18. The highest BCUT2D eigenvalue weighted by Gasteiger charge is 2.35. The third-order valence-electron chi connectivity index (χ3n) is 3.53. The van der Waals surface area contributed by atoms with Crippen LogP contribution in [0.25, 0.3) is 6.08 Å². The van der Waals surface area contributed by atoms with E-state index in [1.54, 1.807) is 24.3 Å². The molecular formula is C17H12N2O5S. The SMILES string of the molecule is O=C1S/C(=C\c2ccc(O)cc2)C(=O)N1Cc1cccc([N+](=O)[O-])c1. The van der Waals surface area contributed by atoms with Gasteiger partial charge in [0.05, 0.1) is 16.4 Å². The van der Waals surface area contributed by atoms with Crippen LogP contribution >= 0.6 is 11.8 Å². The maximum atomic E-state index is 12.4. The number of imide groups is 1. The molecule has 0 saturated carbocycles. The zero-order chi connectivity index (χ0) is 18.0. The van der Waals surface area contributed by atoms with E-state index in [-0.39, 0.29) is 22.9 Å². The fourth-order valence-electron chi connectivity index (χ4n) is 2.31. The van der Waals surface area contributed by atoms with E-state index in [9.17, 15) is 24.8 Å². The van der Waals surface area contributed by atoms with Crippen molar-refractivity contribution in [3.63, 3.8) is 0 Å². The number of phenolic OH excluding ortho intramolecular Hbond substituents is 1. The van der Waals surface area contributed by atoms with Crippen molar-refractivity contribution in [2.24, 2.45) is 0 Å². The molecule has 1 fully saturated rings. The van der Waals surface area contributed by atoms with Crippen LogP contribution < -0.4 is 0 Å². The summed E-state index contributed by atoms with van der Waals surface area (Å²) in [6.45, 7) is -0.0285.